The molecule has 1 N–H and O–H groups in total. The van der Waals surface area contributed by atoms with E-state index in [1.807, 2.05) is 0 Å². The first-order chi connectivity index (χ1) is 6.40. The van der Waals surface area contributed by atoms with Gasteiger partial charge in [-0.2, -0.15) is 13.2 Å². The lowest BCUT2D eigenvalue weighted by molar-refractivity contribution is -0.126. The predicted molar refractivity (Wildman–Crippen MR) is 45.7 cm³/mol. The van der Waals surface area contributed by atoms with Crippen LogP contribution in [0.25, 0.3) is 0 Å². The lowest BCUT2D eigenvalue weighted by Gasteiger charge is -2.14. The molecule has 1 aromatic heterocycles. The van der Waals surface area contributed by atoms with E-state index in [-0.39, 0.29) is 0 Å². The Labute approximate surface area is 79.9 Å². The van der Waals surface area contributed by atoms with Gasteiger partial charge in [-0.25, -0.2) is 4.98 Å². The van der Waals surface area contributed by atoms with Gasteiger partial charge in [-0.3, -0.25) is 5.32 Å². The van der Waals surface area contributed by atoms with Gasteiger partial charge in [-0.15, -0.1) is 0 Å². The van der Waals surface area contributed by atoms with Gasteiger partial charge in [0.05, 0.1) is 12.6 Å². The van der Waals surface area contributed by atoms with Crippen molar-refractivity contribution in [1.82, 2.24) is 14.9 Å². The molecule has 6 heteroatoms. The maximum atomic E-state index is 11.9. The van der Waals surface area contributed by atoms with E-state index in [0.29, 0.717) is 5.82 Å². The predicted octanol–water partition coefficient (Wildman–Crippen LogP) is 1.63. The normalized spacial score (nSPS) is 14.4. The van der Waals surface area contributed by atoms with Crippen molar-refractivity contribution in [2.24, 2.45) is 7.05 Å². The molecule has 14 heavy (non-hydrogen) atoms. The zero-order valence-electron chi connectivity index (χ0n) is 7.97. The van der Waals surface area contributed by atoms with Gasteiger partial charge in [-0.1, -0.05) is 0 Å². The Morgan fingerprint density at radius 1 is 1.57 bits per heavy atom. The van der Waals surface area contributed by atoms with Gasteiger partial charge < -0.3 is 4.57 Å². The summed E-state index contributed by atoms with van der Waals surface area (Å²) in [5, 5.41) is 2.36. The largest absolute Gasteiger partial charge is 0.401 e. The van der Waals surface area contributed by atoms with Crippen LogP contribution in [0.15, 0.2) is 12.4 Å². The number of hydrogen-bond acceptors (Lipinski definition) is 2. The fourth-order valence-electron chi connectivity index (χ4n) is 1.15. The van der Waals surface area contributed by atoms with Crippen LogP contribution in [0.2, 0.25) is 0 Å². The molecule has 0 saturated carbocycles. The molecule has 1 atom stereocenters. The highest BCUT2D eigenvalue weighted by Gasteiger charge is 2.27. The Bertz CT molecular complexity index is 292. The molecular formula is C8H12F3N3. The lowest BCUT2D eigenvalue weighted by atomic mass is 10.3. The number of nitrogens with zero attached hydrogens (tertiary/aromatic N) is 2. The van der Waals surface area contributed by atoms with Gasteiger partial charge in [0.25, 0.3) is 0 Å². The topological polar surface area (TPSA) is 29.9 Å². The van der Waals surface area contributed by atoms with Gasteiger partial charge >= 0.3 is 6.18 Å². The first-order valence-corrected chi connectivity index (χ1v) is 4.17. The Kier molecular flexibility index (Phi) is 3.15. The van der Waals surface area contributed by atoms with Gasteiger partial charge in [0.1, 0.15) is 5.82 Å². The zero-order valence-corrected chi connectivity index (χ0v) is 7.97. The SMILES string of the molecule is CC(NCC(F)(F)F)c1nccn1C. The fourth-order valence-corrected chi connectivity index (χ4v) is 1.15. The molecule has 0 aliphatic carbocycles. The van der Waals surface area contributed by atoms with Crippen molar-refractivity contribution in [2.75, 3.05) is 6.54 Å². The summed E-state index contributed by atoms with van der Waals surface area (Å²) >= 11 is 0. The maximum absolute atomic E-state index is 11.9. The molecule has 0 fully saturated rings. The van der Waals surface area contributed by atoms with Crippen LogP contribution < -0.4 is 5.32 Å². The van der Waals surface area contributed by atoms with Crippen molar-refractivity contribution in [3.63, 3.8) is 0 Å². The molecule has 0 saturated heterocycles. The molecular weight excluding hydrogens is 195 g/mol. The number of rotatable bonds is 3. The molecule has 0 aromatic carbocycles. The monoisotopic (exact) mass is 207 g/mol. The molecule has 0 aliphatic rings. The van der Waals surface area contributed by atoms with Crippen LogP contribution in [-0.4, -0.2) is 22.3 Å². The minimum atomic E-state index is -4.18. The number of aromatic nitrogens is 2. The van der Waals surface area contributed by atoms with E-state index in [9.17, 15) is 13.2 Å². The second-order valence-corrected chi connectivity index (χ2v) is 3.11. The highest BCUT2D eigenvalue weighted by molar-refractivity contribution is 4.96. The minimum Gasteiger partial charge on any atom is -0.337 e. The first-order valence-electron chi connectivity index (χ1n) is 4.17. The summed E-state index contributed by atoms with van der Waals surface area (Å²) in [4.78, 5) is 3.95. The van der Waals surface area contributed by atoms with E-state index in [0.717, 1.165) is 0 Å². The number of halogens is 3. The summed E-state index contributed by atoms with van der Waals surface area (Å²) in [5.74, 6) is 0.592. The van der Waals surface area contributed by atoms with E-state index in [1.165, 1.54) is 0 Å². The minimum absolute atomic E-state index is 0.406. The molecule has 1 heterocycles. The van der Waals surface area contributed by atoms with Crippen LogP contribution in [0, 0.1) is 0 Å². The van der Waals surface area contributed by atoms with Crippen molar-refractivity contribution >= 4 is 0 Å². The first kappa shape index (κ1) is 11.0. The molecule has 0 radical (unpaired) electrons. The summed E-state index contributed by atoms with van der Waals surface area (Å²) in [7, 11) is 1.74. The van der Waals surface area contributed by atoms with Crippen molar-refractivity contribution in [3.05, 3.63) is 18.2 Å². The Morgan fingerprint density at radius 2 is 2.21 bits per heavy atom. The Morgan fingerprint density at radius 3 is 2.64 bits per heavy atom. The Balaban J connectivity index is 2.51. The van der Waals surface area contributed by atoms with Crippen LogP contribution in [0.5, 0.6) is 0 Å². The molecule has 3 nitrogen and oxygen atoms in total. The average Bonchev–Trinajstić information content (AvgIpc) is 2.46. The van der Waals surface area contributed by atoms with Gasteiger partial charge in [0, 0.05) is 19.4 Å². The number of hydrogen-bond donors (Lipinski definition) is 1. The molecule has 80 valence electrons. The second kappa shape index (κ2) is 4.00. The van der Waals surface area contributed by atoms with Crippen LogP contribution in [0.3, 0.4) is 0 Å². The average molecular weight is 207 g/mol. The van der Waals surface area contributed by atoms with Crippen LogP contribution in [0.1, 0.15) is 18.8 Å². The van der Waals surface area contributed by atoms with Crippen LogP contribution >= 0.6 is 0 Å². The second-order valence-electron chi connectivity index (χ2n) is 3.11. The highest BCUT2D eigenvalue weighted by atomic mass is 19.4. The molecule has 1 unspecified atom stereocenters. The molecule has 0 amide bonds. The van der Waals surface area contributed by atoms with Gasteiger partial charge in [0.2, 0.25) is 0 Å². The molecule has 1 aromatic rings. The van der Waals surface area contributed by atoms with Crippen LogP contribution in [0.4, 0.5) is 13.2 Å². The van der Waals surface area contributed by atoms with E-state index < -0.39 is 18.8 Å². The maximum Gasteiger partial charge on any atom is 0.401 e. The Hall–Kier alpha value is -1.04. The van der Waals surface area contributed by atoms with Gasteiger partial charge in [0.15, 0.2) is 0 Å². The van der Waals surface area contributed by atoms with E-state index in [1.54, 1.807) is 30.9 Å². The van der Waals surface area contributed by atoms with Crippen molar-refractivity contribution in [2.45, 2.75) is 19.1 Å². The molecule has 0 aliphatic heterocycles. The third-order valence-corrected chi connectivity index (χ3v) is 1.85. The number of aryl methyl sites for hydroxylation is 1. The number of nitrogens with one attached hydrogen (secondary N) is 1. The molecule has 1 rings (SSSR count). The zero-order chi connectivity index (χ0) is 10.8. The summed E-state index contributed by atoms with van der Waals surface area (Å²) in [6, 6.07) is -0.406. The fraction of sp³-hybridized carbons (Fsp3) is 0.625. The van der Waals surface area contributed by atoms with Crippen molar-refractivity contribution in [1.29, 1.82) is 0 Å². The summed E-state index contributed by atoms with van der Waals surface area (Å²) in [6.07, 6.45) is -0.929. The smallest absolute Gasteiger partial charge is 0.337 e. The quantitative estimate of drug-likeness (QED) is 0.816. The van der Waals surface area contributed by atoms with E-state index in [2.05, 4.69) is 10.3 Å². The third kappa shape index (κ3) is 3.02. The molecule has 0 spiro atoms. The lowest BCUT2D eigenvalue weighted by Crippen LogP contribution is -2.31. The van der Waals surface area contributed by atoms with Gasteiger partial charge in [-0.05, 0) is 6.92 Å². The third-order valence-electron chi connectivity index (χ3n) is 1.85. The summed E-state index contributed by atoms with van der Waals surface area (Å²) in [5.41, 5.74) is 0. The number of alkyl halides is 3. The van der Waals surface area contributed by atoms with Crippen LogP contribution in [-0.2, 0) is 7.05 Å². The molecule has 0 bridgehead atoms. The van der Waals surface area contributed by atoms with E-state index in [4.69, 9.17) is 0 Å². The van der Waals surface area contributed by atoms with Crippen molar-refractivity contribution in [3.8, 4) is 0 Å². The highest BCUT2D eigenvalue weighted by Crippen LogP contribution is 2.15. The van der Waals surface area contributed by atoms with E-state index >= 15 is 0 Å². The van der Waals surface area contributed by atoms with Crippen molar-refractivity contribution < 1.29 is 13.2 Å². The number of imidazole rings is 1. The standard InChI is InChI=1S/C8H12F3N3/c1-6(13-5-8(9,10)11)7-12-3-4-14(7)2/h3-4,6,13H,5H2,1-2H3. The summed E-state index contributed by atoms with van der Waals surface area (Å²) in [6.45, 7) is 0.648. The summed E-state index contributed by atoms with van der Waals surface area (Å²) < 4.78 is 37.3.